The Morgan fingerprint density at radius 3 is 2.24 bits per heavy atom. The molecule has 1 rings (SSSR count). The predicted octanol–water partition coefficient (Wildman–Crippen LogP) is 2.11. The van der Waals surface area contributed by atoms with Gasteiger partial charge >= 0.3 is 12.0 Å². The van der Waals surface area contributed by atoms with Crippen LogP contribution in [0.5, 0.6) is 0 Å². The maximum absolute atomic E-state index is 12.9. The molecule has 0 saturated heterocycles. The van der Waals surface area contributed by atoms with Crippen LogP contribution in [0.3, 0.4) is 0 Å². The molecule has 6 nitrogen and oxygen atoms in total. The van der Waals surface area contributed by atoms with Crippen LogP contribution in [0.4, 0.5) is 19.3 Å². The molecule has 0 heterocycles. The van der Waals surface area contributed by atoms with Crippen molar-refractivity contribution in [3.63, 3.8) is 0 Å². The van der Waals surface area contributed by atoms with E-state index in [2.05, 4.69) is 5.32 Å². The molecule has 1 atom stereocenters. The first-order chi connectivity index (χ1) is 9.76. The average molecular weight is 300 g/mol. The zero-order valence-corrected chi connectivity index (χ0v) is 11.2. The number of carbonyl (C=O) groups excluding carboxylic acids is 2. The molecule has 0 saturated carbocycles. The Morgan fingerprint density at radius 1 is 1.14 bits per heavy atom. The number of amides is 3. The monoisotopic (exact) mass is 300 g/mol. The van der Waals surface area contributed by atoms with Gasteiger partial charge in [0.2, 0.25) is 5.91 Å². The molecular weight excluding hydrogens is 286 g/mol. The fourth-order valence-corrected chi connectivity index (χ4v) is 1.65. The zero-order valence-electron chi connectivity index (χ0n) is 11.2. The molecule has 8 heteroatoms. The summed E-state index contributed by atoms with van der Waals surface area (Å²) >= 11 is 0. The molecule has 0 bridgehead atoms. The summed E-state index contributed by atoms with van der Waals surface area (Å²) in [6.07, 6.45) is -0.360. The van der Waals surface area contributed by atoms with Crippen LogP contribution in [-0.2, 0) is 9.59 Å². The van der Waals surface area contributed by atoms with E-state index in [0.29, 0.717) is 6.07 Å². The minimum atomic E-state index is -1.05. The normalized spacial score (nSPS) is 11.6. The molecular formula is C13H14F2N2O4. The number of halogens is 2. The first-order valence-electron chi connectivity index (χ1n) is 6.05. The summed E-state index contributed by atoms with van der Waals surface area (Å²) in [7, 11) is 0. The maximum Gasteiger partial charge on any atom is 0.325 e. The first-order valence-corrected chi connectivity index (χ1v) is 6.05. The van der Waals surface area contributed by atoms with E-state index in [1.807, 2.05) is 5.32 Å². The molecule has 1 aromatic rings. The highest BCUT2D eigenvalue weighted by Crippen LogP contribution is 2.12. The first kappa shape index (κ1) is 16.5. The Balaban J connectivity index is 2.49. The van der Waals surface area contributed by atoms with E-state index in [9.17, 15) is 23.2 Å². The topological polar surface area (TPSA) is 95.5 Å². The third-order valence-electron chi connectivity index (χ3n) is 2.43. The van der Waals surface area contributed by atoms with Crippen LogP contribution in [-0.4, -0.2) is 23.0 Å². The molecule has 0 aliphatic rings. The number of hydrogen-bond donors (Lipinski definition) is 3. The highest BCUT2D eigenvalue weighted by molar-refractivity contribution is 6.01. The van der Waals surface area contributed by atoms with Crippen LogP contribution < -0.4 is 10.6 Å². The van der Waals surface area contributed by atoms with Crippen molar-refractivity contribution in [2.45, 2.75) is 19.8 Å². The van der Waals surface area contributed by atoms with Crippen LogP contribution in [0.15, 0.2) is 18.2 Å². The molecule has 0 radical (unpaired) electrons. The molecule has 0 aliphatic carbocycles. The fraction of sp³-hybridized carbons (Fsp3) is 0.308. The Morgan fingerprint density at radius 2 is 1.71 bits per heavy atom. The van der Waals surface area contributed by atoms with Crippen molar-refractivity contribution >= 4 is 23.6 Å². The molecule has 0 spiro atoms. The van der Waals surface area contributed by atoms with E-state index in [4.69, 9.17) is 5.11 Å². The quantitative estimate of drug-likeness (QED) is 0.776. The molecule has 21 heavy (non-hydrogen) atoms. The van der Waals surface area contributed by atoms with Gasteiger partial charge in [0.05, 0.1) is 0 Å². The van der Waals surface area contributed by atoms with Gasteiger partial charge in [0.15, 0.2) is 0 Å². The van der Waals surface area contributed by atoms with E-state index < -0.39 is 35.5 Å². The van der Waals surface area contributed by atoms with E-state index in [1.54, 1.807) is 6.92 Å². The van der Waals surface area contributed by atoms with Crippen molar-refractivity contribution in [3.8, 4) is 0 Å². The van der Waals surface area contributed by atoms with Gasteiger partial charge in [0, 0.05) is 24.6 Å². The SMILES string of the molecule is CC(CC(=O)O)CC(=O)NC(=O)Nc1cc(F)cc(F)c1. The number of carboxylic acids is 1. The van der Waals surface area contributed by atoms with E-state index in [1.165, 1.54) is 0 Å². The molecule has 0 aliphatic heterocycles. The maximum atomic E-state index is 12.9. The van der Waals surface area contributed by atoms with Gasteiger partial charge in [-0.15, -0.1) is 0 Å². The summed E-state index contributed by atoms with van der Waals surface area (Å²) in [5, 5.41) is 12.6. The van der Waals surface area contributed by atoms with E-state index in [-0.39, 0.29) is 18.5 Å². The van der Waals surface area contributed by atoms with Crippen LogP contribution in [0.1, 0.15) is 19.8 Å². The second kappa shape index (κ2) is 7.32. The van der Waals surface area contributed by atoms with Gasteiger partial charge in [-0.1, -0.05) is 6.92 Å². The average Bonchev–Trinajstić information content (AvgIpc) is 2.24. The molecule has 0 fully saturated rings. The van der Waals surface area contributed by atoms with Crippen LogP contribution in [0.2, 0.25) is 0 Å². The lowest BCUT2D eigenvalue weighted by atomic mass is 10.0. The number of imide groups is 1. The summed E-state index contributed by atoms with van der Waals surface area (Å²) in [5.74, 6) is -3.91. The number of urea groups is 1. The van der Waals surface area contributed by atoms with Crippen molar-refractivity contribution in [1.82, 2.24) is 5.32 Å². The van der Waals surface area contributed by atoms with Crippen molar-refractivity contribution in [1.29, 1.82) is 0 Å². The minimum Gasteiger partial charge on any atom is -0.481 e. The highest BCUT2D eigenvalue weighted by Gasteiger charge is 2.15. The summed E-state index contributed by atoms with van der Waals surface area (Å²) in [6, 6.07) is 1.47. The summed E-state index contributed by atoms with van der Waals surface area (Å²) < 4.78 is 25.8. The number of benzene rings is 1. The number of hydrogen-bond acceptors (Lipinski definition) is 3. The number of aliphatic carboxylic acids is 1. The van der Waals surface area contributed by atoms with Gasteiger partial charge in [-0.25, -0.2) is 13.6 Å². The predicted molar refractivity (Wildman–Crippen MR) is 69.6 cm³/mol. The standard InChI is InChI=1S/C13H14F2N2O4/c1-7(3-12(19)20)2-11(18)17-13(21)16-10-5-8(14)4-9(15)6-10/h4-7H,2-3H2,1H3,(H,19,20)(H2,16,17,18,21). The number of anilines is 1. The Bertz CT molecular complexity index is 543. The van der Waals surface area contributed by atoms with Crippen molar-refractivity contribution in [2.24, 2.45) is 5.92 Å². The van der Waals surface area contributed by atoms with Gasteiger partial charge < -0.3 is 10.4 Å². The minimum absolute atomic E-state index is 0.142. The number of nitrogens with one attached hydrogen (secondary N) is 2. The lowest BCUT2D eigenvalue weighted by Gasteiger charge is -2.09. The van der Waals surface area contributed by atoms with Crippen LogP contribution >= 0.6 is 0 Å². The lowest BCUT2D eigenvalue weighted by molar-refractivity contribution is -0.138. The summed E-state index contributed by atoms with van der Waals surface area (Å²) in [4.78, 5) is 33.3. The van der Waals surface area contributed by atoms with Crippen LogP contribution in [0, 0.1) is 17.6 Å². The van der Waals surface area contributed by atoms with Crippen molar-refractivity contribution < 1.29 is 28.3 Å². The smallest absolute Gasteiger partial charge is 0.325 e. The molecule has 1 aromatic carbocycles. The van der Waals surface area contributed by atoms with Crippen LogP contribution in [0.25, 0.3) is 0 Å². The second-order valence-electron chi connectivity index (χ2n) is 4.57. The third kappa shape index (κ3) is 6.46. The number of carboxylic acid groups (broad SMARTS) is 1. The highest BCUT2D eigenvalue weighted by atomic mass is 19.1. The van der Waals surface area contributed by atoms with Crippen molar-refractivity contribution in [2.75, 3.05) is 5.32 Å². The summed E-state index contributed by atoms with van der Waals surface area (Å²) in [6.45, 7) is 1.55. The third-order valence-corrected chi connectivity index (χ3v) is 2.43. The largest absolute Gasteiger partial charge is 0.481 e. The molecule has 3 amide bonds. The Hall–Kier alpha value is -2.51. The molecule has 3 N–H and O–H groups in total. The van der Waals surface area contributed by atoms with E-state index in [0.717, 1.165) is 12.1 Å². The molecule has 1 unspecified atom stereocenters. The summed E-state index contributed by atoms with van der Waals surface area (Å²) in [5.41, 5.74) is -0.142. The second-order valence-corrected chi connectivity index (χ2v) is 4.57. The van der Waals surface area contributed by atoms with Gasteiger partial charge in [-0.3, -0.25) is 14.9 Å². The fourth-order valence-electron chi connectivity index (χ4n) is 1.65. The molecule has 0 aromatic heterocycles. The number of carbonyl (C=O) groups is 3. The van der Waals surface area contributed by atoms with Gasteiger partial charge in [-0.2, -0.15) is 0 Å². The Kier molecular flexibility index (Phi) is 5.77. The van der Waals surface area contributed by atoms with Gasteiger partial charge in [-0.05, 0) is 18.1 Å². The van der Waals surface area contributed by atoms with Gasteiger partial charge in [0.1, 0.15) is 11.6 Å². The Labute approximate surface area is 119 Å². The lowest BCUT2D eigenvalue weighted by Crippen LogP contribution is -2.35. The van der Waals surface area contributed by atoms with Gasteiger partial charge in [0.25, 0.3) is 0 Å². The molecule has 114 valence electrons. The zero-order chi connectivity index (χ0) is 16.0. The van der Waals surface area contributed by atoms with Crippen molar-refractivity contribution in [3.05, 3.63) is 29.8 Å². The number of rotatable bonds is 5. The van der Waals surface area contributed by atoms with E-state index >= 15 is 0 Å².